The Bertz CT molecular complexity index is 409. The lowest BCUT2D eigenvalue weighted by Crippen LogP contribution is -2.24. The van der Waals surface area contributed by atoms with E-state index >= 15 is 0 Å². The smallest absolute Gasteiger partial charge is 0.332 e. The number of carbonyl (C=O) groups is 1. The molecule has 0 aromatic carbocycles. The molecule has 1 rings (SSSR count). The minimum absolute atomic E-state index is 0.0832. The van der Waals surface area contributed by atoms with Crippen LogP contribution in [0.5, 0.6) is 0 Å². The SMILES string of the molecule is CCCCOCCOC(=O)COC1OC=C(Cl)C(Cl)=C1Cl. The molecule has 8 heteroatoms. The Hall–Kier alpha value is -0.460. The molecule has 0 saturated carbocycles. The number of ether oxygens (including phenoxy) is 4. The van der Waals surface area contributed by atoms with Gasteiger partial charge in [0.2, 0.25) is 6.29 Å². The molecule has 0 amide bonds. The van der Waals surface area contributed by atoms with Gasteiger partial charge in [-0.1, -0.05) is 48.1 Å². The maximum atomic E-state index is 11.4. The standard InChI is InChI=1S/C13H17Cl3O5/c1-2-3-4-18-5-6-19-10(17)8-21-13-12(16)11(15)9(14)7-20-13/h7,13H,2-6,8H2,1H3. The van der Waals surface area contributed by atoms with E-state index in [1.165, 1.54) is 6.26 Å². The number of carbonyl (C=O) groups excluding carboxylic acids is 1. The lowest BCUT2D eigenvalue weighted by atomic mass is 10.4. The van der Waals surface area contributed by atoms with Crippen LogP contribution in [0.25, 0.3) is 0 Å². The summed E-state index contributed by atoms with van der Waals surface area (Å²) in [6, 6.07) is 0. The highest BCUT2D eigenvalue weighted by Gasteiger charge is 2.24. The Morgan fingerprint density at radius 1 is 1.29 bits per heavy atom. The molecule has 1 atom stereocenters. The zero-order valence-corrected chi connectivity index (χ0v) is 13.8. The molecule has 0 aliphatic carbocycles. The summed E-state index contributed by atoms with van der Waals surface area (Å²) in [6.45, 7) is 2.95. The van der Waals surface area contributed by atoms with Gasteiger partial charge in [-0.05, 0) is 6.42 Å². The van der Waals surface area contributed by atoms with Crippen LogP contribution < -0.4 is 0 Å². The van der Waals surface area contributed by atoms with E-state index in [-0.39, 0.29) is 28.3 Å². The first kappa shape index (κ1) is 18.6. The van der Waals surface area contributed by atoms with Crippen LogP contribution in [0.2, 0.25) is 0 Å². The van der Waals surface area contributed by atoms with Crippen LogP contribution in [-0.4, -0.2) is 38.7 Å². The molecule has 0 radical (unpaired) electrons. The Kier molecular flexibility index (Phi) is 9.11. The monoisotopic (exact) mass is 358 g/mol. The first-order valence-corrected chi connectivity index (χ1v) is 7.61. The predicted molar refractivity (Wildman–Crippen MR) is 80.2 cm³/mol. The molecule has 5 nitrogen and oxygen atoms in total. The summed E-state index contributed by atoms with van der Waals surface area (Å²) in [5.74, 6) is -0.543. The van der Waals surface area contributed by atoms with Gasteiger partial charge >= 0.3 is 5.97 Å². The molecule has 0 aromatic heterocycles. The topological polar surface area (TPSA) is 54.0 Å². The third-order valence-electron chi connectivity index (χ3n) is 2.41. The van der Waals surface area contributed by atoms with E-state index in [0.717, 1.165) is 12.8 Å². The molecule has 0 fully saturated rings. The number of hydrogen-bond acceptors (Lipinski definition) is 5. The van der Waals surface area contributed by atoms with Crippen LogP contribution in [0, 0.1) is 0 Å². The number of hydrogen-bond donors (Lipinski definition) is 0. The minimum Gasteiger partial charge on any atom is -0.466 e. The normalized spacial score (nSPS) is 18.3. The van der Waals surface area contributed by atoms with E-state index < -0.39 is 12.3 Å². The summed E-state index contributed by atoms with van der Waals surface area (Å²) in [4.78, 5) is 11.4. The van der Waals surface area contributed by atoms with Crippen molar-refractivity contribution >= 4 is 40.8 Å². The fraction of sp³-hybridized carbons (Fsp3) is 0.615. The summed E-state index contributed by atoms with van der Waals surface area (Å²) in [6.07, 6.45) is 2.28. The van der Waals surface area contributed by atoms with Crippen molar-refractivity contribution < 1.29 is 23.7 Å². The van der Waals surface area contributed by atoms with Crippen molar-refractivity contribution in [2.75, 3.05) is 26.4 Å². The Balaban J connectivity index is 2.16. The summed E-state index contributed by atoms with van der Waals surface area (Å²) < 4.78 is 20.4. The second-order valence-corrected chi connectivity index (χ2v) is 5.29. The zero-order valence-electron chi connectivity index (χ0n) is 11.6. The van der Waals surface area contributed by atoms with E-state index in [1.807, 2.05) is 0 Å². The number of esters is 1. The average Bonchev–Trinajstić information content (AvgIpc) is 2.47. The highest BCUT2D eigenvalue weighted by molar-refractivity contribution is 6.48. The van der Waals surface area contributed by atoms with Crippen molar-refractivity contribution in [2.45, 2.75) is 26.1 Å². The van der Waals surface area contributed by atoms with Gasteiger partial charge < -0.3 is 18.9 Å². The van der Waals surface area contributed by atoms with Gasteiger partial charge in [-0.2, -0.15) is 0 Å². The molecule has 1 aliphatic heterocycles. The molecule has 0 aromatic rings. The first-order valence-electron chi connectivity index (χ1n) is 6.48. The van der Waals surface area contributed by atoms with Crippen molar-refractivity contribution in [3.63, 3.8) is 0 Å². The molecule has 0 spiro atoms. The molecule has 0 bridgehead atoms. The van der Waals surface area contributed by atoms with Crippen molar-refractivity contribution in [1.29, 1.82) is 0 Å². The summed E-state index contributed by atoms with van der Waals surface area (Å²) in [7, 11) is 0. The van der Waals surface area contributed by atoms with Crippen molar-refractivity contribution in [3.8, 4) is 0 Å². The van der Waals surface area contributed by atoms with Gasteiger partial charge in [-0.15, -0.1) is 0 Å². The second kappa shape index (κ2) is 10.3. The van der Waals surface area contributed by atoms with Crippen molar-refractivity contribution in [2.24, 2.45) is 0 Å². The molecular weight excluding hydrogens is 342 g/mol. The molecule has 0 saturated heterocycles. The highest BCUT2D eigenvalue weighted by Crippen LogP contribution is 2.33. The van der Waals surface area contributed by atoms with Gasteiger partial charge in [0.15, 0.2) is 0 Å². The highest BCUT2D eigenvalue weighted by atomic mass is 35.5. The number of halogens is 3. The first-order chi connectivity index (χ1) is 10.1. The third kappa shape index (κ3) is 6.89. The minimum atomic E-state index is -0.963. The third-order valence-corrected chi connectivity index (χ3v) is 3.65. The lowest BCUT2D eigenvalue weighted by molar-refractivity contribution is -0.159. The van der Waals surface area contributed by atoms with Crippen LogP contribution in [0.3, 0.4) is 0 Å². The largest absolute Gasteiger partial charge is 0.466 e. The zero-order chi connectivity index (χ0) is 15.7. The Labute approximate surface area is 138 Å². The van der Waals surface area contributed by atoms with Gasteiger partial charge in [-0.3, -0.25) is 0 Å². The number of unbranched alkanes of at least 4 members (excludes halogenated alkanes) is 1. The summed E-state index contributed by atoms with van der Waals surface area (Å²) in [5, 5.41) is 0.389. The van der Waals surface area contributed by atoms with Gasteiger partial charge in [0.1, 0.15) is 24.5 Å². The fourth-order valence-corrected chi connectivity index (χ4v) is 1.86. The second-order valence-electron chi connectivity index (χ2n) is 4.09. The van der Waals surface area contributed by atoms with E-state index in [4.69, 9.17) is 53.8 Å². The van der Waals surface area contributed by atoms with Crippen LogP contribution in [-0.2, 0) is 23.7 Å². The van der Waals surface area contributed by atoms with E-state index in [9.17, 15) is 4.79 Å². The number of rotatable bonds is 9. The number of allylic oxidation sites excluding steroid dienone is 2. The van der Waals surface area contributed by atoms with E-state index in [0.29, 0.717) is 13.2 Å². The Morgan fingerprint density at radius 3 is 2.76 bits per heavy atom. The van der Waals surface area contributed by atoms with Crippen molar-refractivity contribution in [3.05, 3.63) is 21.4 Å². The Morgan fingerprint density at radius 2 is 2.05 bits per heavy atom. The summed E-state index contributed by atoms with van der Waals surface area (Å²) >= 11 is 17.4. The fourth-order valence-electron chi connectivity index (χ4n) is 1.31. The van der Waals surface area contributed by atoms with Crippen LogP contribution in [0.4, 0.5) is 0 Å². The molecule has 1 aliphatic rings. The summed E-state index contributed by atoms with van der Waals surface area (Å²) in [5.41, 5.74) is 0. The maximum absolute atomic E-state index is 11.4. The quantitative estimate of drug-likeness (QED) is 0.466. The van der Waals surface area contributed by atoms with Gasteiger partial charge in [0.25, 0.3) is 0 Å². The van der Waals surface area contributed by atoms with Crippen molar-refractivity contribution in [1.82, 2.24) is 0 Å². The lowest BCUT2D eigenvalue weighted by Gasteiger charge is -2.21. The van der Waals surface area contributed by atoms with Crippen LogP contribution in [0.15, 0.2) is 21.4 Å². The van der Waals surface area contributed by atoms with Crippen LogP contribution in [0.1, 0.15) is 19.8 Å². The van der Waals surface area contributed by atoms with Gasteiger partial charge in [0, 0.05) is 6.61 Å². The molecule has 1 unspecified atom stereocenters. The average molecular weight is 360 g/mol. The molecule has 21 heavy (non-hydrogen) atoms. The van der Waals surface area contributed by atoms with Crippen LogP contribution >= 0.6 is 34.8 Å². The maximum Gasteiger partial charge on any atom is 0.332 e. The van der Waals surface area contributed by atoms with Gasteiger partial charge in [-0.25, -0.2) is 4.79 Å². The molecule has 0 N–H and O–H groups in total. The van der Waals surface area contributed by atoms with E-state index in [1.54, 1.807) is 0 Å². The van der Waals surface area contributed by atoms with Gasteiger partial charge in [0.05, 0.1) is 16.7 Å². The molecule has 120 valence electrons. The molecule has 1 heterocycles. The molecular formula is C13H17Cl3O5. The predicted octanol–water partition coefficient (Wildman–Crippen LogP) is 3.49. The van der Waals surface area contributed by atoms with E-state index in [2.05, 4.69) is 6.92 Å².